The van der Waals surface area contributed by atoms with Crippen molar-refractivity contribution in [2.75, 3.05) is 12.4 Å². The summed E-state index contributed by atoms with van der Waals surface area (Å²) in [5, 5.41) is 9.29. The minimum atomic E-state index is 0.301. The van der Waals surface area contributed by atoms with Gasteiger partial charge in [0.15, 0.2) is 0 Å². The highest BCUT2D eigenvalue weighted by molar-refractivity contribution is 7.99. The zero-order valence-electron chi connectivity index (χ0n) is 8.59. The highest BCUT2D eigenvalue weighted by atomic mass is 32.2. The van der Waals surface area contributed by atoms with Crippen LogP contribution in [0.1, 0.15) is 19.8 Å². The second kappa shape index (κ2) is 6.90. The van der Waals surface area contributed by atoms with Crippen LogP contribution in [0.3, 0.4) is 0 Å². The van der Waals surface area contributed by atoms with Crippen LogP contribution in [0.5, 0.6) is 0 Å². The fourth-order valence-electron chi connectivity index (χ4n) is 1.22. The van der Waals surface area contributed by atoms with Crippen LogP contribution in [0, 0.1) is 0 Å². The van der Waals surface area contributed by atoms with Crippen molar-refractivity contribution < 1.29 is 5.11 Å². The molecule has 0 radical (unpaired) electrons. The molecule has 0 aliphatic rings. The van der Waals surface area contributed by atoms with E-state index in [1.165, 1.54) is 0 Å². The summed E-state index contributed by atoms with van der Waals surface area (Å²) in [5.41, 5.74) is 0. The van der Waals surface area contributed by atoms with Gasteiger partial charge in [-0.3, -0.25) is 0 Å². The molecule has 0 amide bonds. The first-order valence-electron chi connectivity index (χ1n) is 5.01. The largest absolute Gasteiger partial charge is 0.396 e. The maximum atomic E-state index is 8.72. The van der Waals surface area contributed by atoms with Crippen LogP contribution in [0.15, 0.2) is 18.7 Å². The van der Waals surface area contributed by atoms with Crippen molar-refractivity contribution in [3.8, 4) is 0 Å². The molecule has 1 aromatic heterocycles. The molecule has 0 saturated carbocycles. The molecule has 0 aliphatic heterocycles. The van der Waals surface area contributed by atoms with Crippen molar-refractivity contribution >= 4 is 11.8 Å². The van der Waals surface area contributed by atoms with Crippen LogP contribution in [0.4, 0.5) is 0 Å². The van der Waals surface area contributed by atoms with E-state index in [9.17, 15) is 0 Å². The average Bonchev–Trinajstić information content (AvgIpc) is 2.65. The number of nitrogens with zero attached hydrogens (tertiary/aromatic N) is 2. The highest BCUT2D eigenvalue weighted by Crippen LogP contribution is 2.14. The monoisotopic (exact) mass is 214 g/mol. The minimum Gasteiger partial charge on any atom is -0.396 e. The van der Waals surface area contributed by atoms with Crippen molar-refractivity contribution in [1.82, 2.24) is 9.55 Å². The predicted molar refractivity (Wildman–Crippen MR) is 60.5 cm³/mol. The molecule has 0 aromatic carbocycles. The molecule has 1 atom stereocenters. The van der Waals surface area contributed by atoms with Gasteiger partial charge in [-0.05, 0) is 18.6 Å². The van der Waals surface area contributed by atoms with Crippen LogP contribution in [-0.4, -0.2) is 32.3 Å². The second-order valence-electron chi connectivity index (χ2n) is 3.35. The van der Waals surface area contributed by atoms with E-state index >= 15 is 0 Å². The number of rotatable bonds is 7. The van der Waals surface area contributed by atoms with Gasteiger partial charge in [0.2, 0.25) is 0 Å². The van der Waals surface area contributed by atoms with Gasteiger partial charge < -0.3 is 9.67 Å². The third-order valence-electron chi connectivity index (χ3n) is 2.06. The number of imidazole rings is 1. The van der Waals surface area contributed by atoms with Crippen LogP contribution >= 0.6 is 11.8 Å². The van der Waals surface area contributed by atoms with Gasteiger partial charge in [-0.25, -0.2) is 4.98 Å². The summed E-state index contributed by atoms with van der Waals surface area (Å²) in [6, 6.07) is 0. The fourth-order valence-corrected chi connectivity index (χ4v) is 2.19. The Morgan fingerprint density at radius 2 is 2.43 bits per heavy atom. The van der Waals surface area contributed by atoms with Crippen molar-refractivity contribution in [3.63, 3.8) is 0 Å². The Labute approximate surface area is 89.5 Å². The number of aryl methyl sites for hydroxylation is 1. The summed E-state index contributed by atoms with van der Waals surface area (Å²) < 4.78 is 2.09. The number of aliphatic hydroxyl groups excluding tert-OH is 1. The second-order valence-corrected chi connectivity index (χ2v) is 4.89. The molecular weight excluding hydrogens is 196 g/mol. The van der Waals surface area contributed by atoms with E-state index in [4.69, 9.17) is 5.11 Å². The predicted octanol–water partition coefficient (Wildman–Crippen LogP) is 1.78. The zero-order chi connectivity index (χ0) is 10.2. The third-order valence-corrected chi connectivity index (χ3v) is 3.39. The molecule has 0 bridgehead atoms. The van der Waals surface area contributed by atoms with E-state index in [-0.39, 0.29) is 0 Å². The summed E-state index contributed by atoms with van der Waals surface area (Å²) in [6.45, 7) is 3.51. The Morgan fingerprint density at radius 3 is 3.07 bits per heavy atom. The average molecular weight is 214 g/mol. The van der Waals surface area contributed by atoms with Crippen molar-refractivity contribution in [1.29, 1.82) is 0 Å². The van der Waals surface area contributed by atoms with Gasteiger partial charge in [0.05, 0.1) is 6.33 Å². The maximum Gasteiger partial charge on any atom is 0.0945 e. The van der Waals surface area contributed by atoms with Crippen LogP contribution in [0.2, 0.25) is 0 Å². The first-order valence-corrected chi connectivity index (χ1v) is 6.06. The molecular formula is C10H18N2OS. The number of hydrogen-bond donors (Lipinski definition) is 1. The topological polar surface area (TPSA) is 38.0 Å². The molecule has 1 rings (SSSR count). The van der Waals surface area contributed by atoms with E-state index in [1.807, 2.05) is 30.5 Å². The van der Waals surface area contributed by atoms with Crippen molar-refractivity contribution in [3.05, 3.63) is 18.7 Å². The van der Waals surface area contributed by atoms with Crippen LogP contribution in [-0.2, 0) is 6.54 Å². The minimum absolute atomic E-state index is 0.301. The quantitative estimate of drug-likeness (QED) is 0.703. The Balaban J connectivity index is 1.99. The number of thioether (sulfide) groups is 1. The SMILES string of the molecule is CC(CCO)SCCCn1ccnc1. The molecule has 1 heterocycles. The van der Waals surface area contributed by atoms with Gasteiger partial charge in [-0.2, -0.15) is 11.8 Å². The molecule has 0 aliphatic carbocycles. The summed E-state index contributed by atoms with van der Waals surface area (Å²) in [4.78, 5) is 3.99. The Bertz CT molecular complexity index is 226. The van der Waals surface area contributed by atoms with E-state index in [1.54, 1.807) is 0 Å². The molecule has 0 saturated heterocycles. The molecule has 0 spiro atoms. The Hall–Kier alpha value is -0.480. The molecule has 1 aromatic rings. The van der Waals surface area contributed by atoms with Gasteiger partial charge in [-0.15, -0.1) is 0 Å². The maximum absolute atomic E-state index is 8.72. The van der Waals surface area contributed by atoms with Gasteiger partial charge >= 0.3 is 0 Å². The fraction of sp³-hybridized carbons (Fsp3) is 0.700. The Kier molecular flexibility index (Phi) is 5.71. The molecule has 1 unspecified atom stereocenters. The van der Waals surface area contributed by atoms with E-state index in [0.717, 1.165) is 25.1 Å². The lowest BCUT2D eigenvalue weighted by atomic mass is 10.3. The number of hydrogen-bond acceptors (Lipinski definition) is 3. The van der Waals surface area contributed by atoms with Crippen LogP contribution in [0.25, 0.3) is 0 Å². The zero-order valence-corrected chi connectivity index (χ0v) is 9.41. The van der Waals surface area contributed by atoms with E-state index in [2.05, 4.69) is 16.5 Å². The summed E-state index contributed by atoms with van der Waals surface area (Å²) in [5.74, 6) is 1.15. The molecule has 4 heteroatoms. The summed E-state index contributed by atoms with van der Waals surface area (Å²) >= 11 is 1.93. The third kappa shape index (κ3) is 4.67. The smallest absolute Gasteiger partial charge is 0.0945 e. The highest BCUT2D eigenvalue weighted by Gasteiger charge is 2.00. The molecule has 1 N–H and O–H groups in total. The van der Waals surface area contributed by atoms with Gasteiger partial charge in [0.25, 0.3) is 0 Å². The first kappa shape index (κ1) is 11.6. The molecule has 80 valence electrons. The Morgan fingerprint density at radius 1 is 1.57 bits per heavy atom. The van der Waals surface area contributed by atoms with Gasteiger partial charge in [-0.1, -0.05) is 6.92 Å². The normalized spacial score (nSPS) is 13.0. The standard InChI is InChI=1S/C10H18N2OS/c1-10(3-7-13)14-8-2-5-12-6-4-11-9-12/h4,6,9-10,13H,2-3,5,7-8H2,1H3. The lowest BCUT2D eigenvalue weighted by Gasteiger charge is -2.08. The van der Waals surface area contributed by atoms with Gasteiger partial charge in [0, 0.05) is 30.8 Å². The van der Waals surface area contributed by atoms with Crippen molar-refractivity contribution in [2.45, 2.75) is 31.6 Å². The summed E-state index contributed by atoms with van der Waals surface area (Å²) in [6.07, 6.45) is 7.71. The number of aliphatic hydroxyl groups is 1. The van der Waals surface area contributed by atoms with E-state index < -0.39 is 0 Å². The van der Waals surface area contributed by atoms with E-state index in [0.29, 0.717) is 11.9 Å². The van der Waals surface area contributed by atoms with Crippen LogP contribution < -0.4 is 0 Å². The molecule has 3 nitrogen and oxygen atoms in total. The van der Waals surface area contributed by atoms with Gasteiger partial charge in [0.1, 0.15) is 0 Å². The lowest BCUT2D eigenvalue weighted by Crippen LogP contribution is -2.02. The molecule has 14 heavy (non-hydrogen) atoms. The van der Waals surface area contributed by atoms with Crippen molar-refractivity contribution in [2.24, 2.45) is 0 Å². The lowest BCUT2D eigenvalue weighted by molar-refractivity contribution is 0.289. The number of aromatic nitrogens is 2. The summed E-state index contributed by atoms with van der Waals surface area (Å²) in [7, 11) is 0. The molecule has 0 fully saturated rings. The first-order chi connectivity index (χ1) is 6.83.